The first-order chi connectivity index (χ1) is 8.67. The van der Waals surface area contributed by atoms with Gasteiger partial charge in [-0.3, -0.25) is 9.59 Å². The number of aldehydes is 1. The van der Waals surface area contributed by atoms with Crippen LogP contribution in [0.2, 0.25) is 0 Å². The van der Waals surface area contributed by atoms with E-state index in [4.69, 9.17) is 14.6 Å². The molecular weight excluding hydrogens is 256 g/mol. The Hall–Kier alpha value is -1.69. The average Bonchev–Trinajstić information content (AvgIpc) is 2.38. The van der Waals surface area contributed by atoms with Gasteiger partial charge in [0.2, 0.25) is 0 Å². The predicted molar refractivity (Wildman–Crippen MR) is 68.8 cm³/mol. The summed E-state index contributed by atoms with van der Waals surface area (Å²) in [4.78, 5) is 20.9. The first kappa shape index (κ1) is 14.4. The Morgan fingerprint density at radius 3 is 2.83 bits per heavy atom. The van der Waals surface area contributed by atoms with E-state index in [1.165, 1.54) is 18.9 Å². The number of ether oxygens (including phenoxy) is 2. The van der Waals surface area contributed by atoms with Crippen molar-refractivity contribution in [1.29, 1.82) is 0 Å². The monoisotopic (exact) mass is 270 g/mol. The number of benzene rings is 1. The maximum absolute atomic E-state index is 10.6. The maximum Gasteiger partial charge on any atom is 0.313 e. The Bertz CT molecular complexity index is 419. The van der Waals surface area contributed by atoms with Crippen LogP contribution in [0.4, 0.5) is 0 Å². The Balaban J connectivity index is 2.46. The van der Waals surface area contributed by atoms with E-state index in [0.717, 1.165) is 6.29 Å². The van der Waals surface area contributed by atoms with Crippen molar-refractivity contribution in [2.45, 2.75) is 0 Å². The molecule has 0 amide bonds. The van der Waals surface area contributed by atoms with Crippen LogP contribution in [0.5, 0.6) is 11.5 Å². The minimum absolute atomic E-state index is 0.0601. The average molecular weight is 270 g/mol. The molecule has 6 heteroatoms. The van der Waals surface area contributed by atoms with Crippen molar-refractivity contribution in [3.63, 3.8) is 0 Å². The molecule has 0 saturated carbocycles. The summed E-state index contributed by atoms with van der Waals surface area (Å²) in [6.07, 6.45) is 0.731. The molecule has 0 fully saturated rings. The number of aliphatic carboxylic acids is 1. The van der Waals surface area contributed by atoms with Crippen LogP contribution in [0, 0.1) is 0 Å². The molecule has 1 N–H and O–H groups in total. The summed E-state index contributed by atoms with van der Waals surface area (Å²) < 4.78 is 10.6. The molecule has 98 valence electrons. The highest BCUT2D eigenvalue weighted by Crippen LogP contribution is 2.27. The van der Waals surface area contributed by atoms with Gasteiger partial charge < -0.3 is 14.6 Å². The lowest BCUT2D eigenvalue weighted by molar-refractivity contribution is -0.133. The third-order valence-corrected chi connectivity index (χ3v) is 2.94. The lowest BCUT2D eigenvalue weighted by Crippen LogP contribution is -2.05. The Morgan fingerprint density at radius 1 is 1.44 bits per heavy atom. The van der Waals surface area contributed by atoms with Gasteiger partial charge in [0.05, 0.1) is 19.5 Å². The van der Waals surface area contributed by atoms with Crippen molar-refractivity contribution >= 4 is 24.0 Å². The van der Waals surface area contributed by atoms with Gasteiger partial charge in [-0.25, -0.2) is 0 Å². The first-order valence-corrected chi connectivity index (χ1v) is 6.38. The number of thioether (sulfide) groups is 1. The molecule has 0 heterocycles. The van der Waals surface area contributed by atoms with Crippen molar-refractivity contribution < 1.29 is 24.2 Å². The fraction of sp³-hybridized carbons (Fsp3) is 0.333. The fourth-order valence-electron chi connectivity index (χ4n) is 1.25. The molecule has 5 nitrogen and oxygen atoms in total. The number of methoxy groups -OCH3 is 1. The first-order valence-electron chi connectivity index (χ1n) is 5.23. The van der Waals surface area contributed by atoms with Gasteiger partial charge in [0.25, 0.3) is 0 Å². The highest BCUT2D eigenvalue weighted by Gasteiger charge is 2.05. The summed E-state index contributed by atoms with van der Waals surface area (Å²) in [5, 5.41) is 8.45. The third kappa shape index (κ3) is 4.67. The Kier molecular flexibility index (Phi) is 6.07. The SMILES string of the molecule is COc1cc(C=O)ccc1OCCSCC(=O)O. The molecule has 0 bridgehead atoms. The predicted octanol–water partition coefficient (Wildman–Crippen LogP) is 1.70. The molecular formula is C12H14O5S. The van der Waals surface area contributed by atoms with Crippen molar-refractivity contribution in [1.82, 2.24) is 0 Å². The number of carboxylic acids is 1. The molecule has 1 aromatic rings. The van der Waals surface area contributed by atoms with Gasteiger partial charge in [0.15, 0.2) is 11.5 Å². The highest BCUT2D eigenvalue weighted by molar-refractivity contribution is 7.99. The van der Waals surface area contributed by atoms with E-state index in [1.54, 1.807) is 18.2 Å². The van der Waals surface area contributed by atoms with Crippen LogP contribution in [-0.2, 0) is 4.79 Å². The van der Waals surface area contributed by atoms with Crippen LogP contribution in [0.3, 0.4) is 0 Å². The lowest BCUT2D eigenvalue weighted by Gasteiger charge is -2.10. The summed E-state index contributed by atoms with van der Waals surface area (Å²) in [6.45, 7) is 0.384. The topological polar surface area (TPSA) is 72.8 Å². The molecule has 0 aliphatic rings. The molecule has 0 spiro atoms. The zero-order chi connectivity index (χ0) is 13.4. The fourth-order valence-corrected chi connectivity index (χ4v) is 1.77. The molecule has 0 saturated heterocycles. The number of carbonyl (C=O) groups excluding carboxylic acids is 1. The maximum atomic E-state index is 10.6. The number of carboxylic acid groups (broad SMARTS) is 1. The minimum atomic E-state index is -0.840. The summed E-state index contributed by atoms with van der Waals surface area (Å²) in [6, 6.07) is 4.88. The zero-order valence-electron chi connectivity index (χ0n) is 9.92. The van der Waals surface area contributed by atoms with Crippen molar-refractivity contribution in [3.05, 3.63) is 23.8 Å². The number of carbonyl (C=O) groups is 2. The molecule has 0 aliphatic heterocycles. The van der Waals surface area contributed by atoms with E-state index in [9.17, 15) is 9.59 Å². The highest BCUT2D eigenvalue weighted by atomic mass is 32.2. The number of hydrogen-bond acceptors (Lipinski definition) is 5. The van der Waals surface area contributed by atoms with E-state index in [0.29, 0.717) is 29.4 Å². The normalized spacial score (nSPS) is 9.83. The summed E-state index contributed by atoms with van der Waals surface area (Å²) >= 11 is 1.28. The van der Waals surface area contributed by atoms with E-state index >= 15 is 0 Å². The second kappa shape index (κ2) is 7.60. The third-order valence-electron chi connectivity index (χ3n) is 2.03. The molecule has 0 radical (unpaired) electrons. The smallest absolute Gasteiger partial charge is 0.313 e. The van der Waals surface area contributed by atoms with Gasteiger partial charge in [0.1, 0.15) is 6.29 Å². The van der Waals surface area contributed by atoms with Crippen molar-refractivity contribution in [2.24, 2.45) is 0 Å². The van der Waals surface area contributed by atoms with Crippen LogP contribution < -0.4 is 9.47 Å². The summed E-state index contributed by atoms with van der Waals surface area (Å²) in [7, 11) is 1.50. The Labute approximate surface area is 109 Å². The van der Waals surface area contributed by atoms with Gasteiger partial charge in [-0.15, -0.1) is 11.8 Å². The minimum Gasteiger partial charge on any atom is -0.493 e. The van der Waals surface area contributed by atoms with Crippen LogP contribution in [-0.4, -0.2) is 42.6 Å². The molecule has 18 heavy (non-hydrogen) atoms. The van der Waals surface area contributed by atoms with Gasteiger partial charge in [0, 0.05) is 11.3 Å². The summed E-state index contributed by atoms with van der Waals surface area (Å²) in [5.74, 6) is 0.824. The van der Waals surface area contributed by atoms with E-state index in [2.05, 4.69) is 0 Å². The van der Waals surface area contributed by atoms with Crippen molar-refractivity contribution in [2.75, 3.05) is 25.2 Å². The molecule has 1 aromatic carbocycles. The molecule has 0 aromatic heterocycles. The van der Waals surface area contributed by atoms with Crippen LogP contribution in [0.1, 0.15) is 10.4 Å². The lowest BCUT2D eigenvalue weighted by atomic mass is 10.2. The number of hydrogen-bond donors (Lipinski definition) is 1. The van der Waals surface area contributed by atoms with E-state index in [-0.39, 0.29) is 5.75 Å². The Morgan fingerprint density at radius 2 is 2.22 bits per heavy atom. The van der Waals surface area contributed by atoms with Crippen LogP contribution in [0.25, 0.3) is 0 Å². The molecule has 1 rings (SSSR count). The zero-order valence-corrected chi connectivity index (χ0v) is 10.7. The van der Waals surface area contributed by atoms with Gasteiger partial charge in [-0.2, -0.15) is 0 Å². The van der Waals surface area contributed by atoms with Gasteiger partial charge in [-0.1, -0.05) is 0 Å². The largest absolute Gasteiger partial charge is 0.493 e. The second-order valence-corrected chi connectivity index (χ2v) is 4.43. The molecule has 0 atom stereocenters. The van der Waals surface area contributed by atoms with Crippen molar-refractivity contribution in [3.8, 4) is 11.5 Å². The van der Waals surface area contributed by atoms with Crippen LogP contribution >= 0.6 is 11.8 Å². The molecule has 0 unspecified atom stereocenters. The number of rotatable bonds is 8. The quantitative estimate of drug-likeness (QED) is 0.572. The second-order valence-electron chi connectivity index (χ2n) is 3.32. The standard InChI is InChI=1S/C12H14O5S/c1-16-11-6-9(7-13)2-3-10(11)17-4-5-18-8-12(14)15/h2-3,6-7H,4-5,8H2,1H3,(H,14,15). The molecule has 0 aliphatic carbocycles. The van der Waals surface area contributed by atoms with Crippen LogP contribution in [0.15, 0.2) is 18.2 Å². The van der Waals surface area contributed by atoms with Gasteiger partial charge >= 0.3 is 5.97 Å². The van der Waals surface area contributed by atoms with E-state index < -0.39 is 5.97 Å². The van der Waals surface area contributed by atoms with E-state index in [1.807, 2.05) is 0 Å². The summed E-state index contributed by atoms with van der Waals surface area (Å²) in [5.41, 5.74) is 0.513. The van der Waals surface area contributed by atoms with Gasteiger partial charge in [-0.05, 0) is 18.2 Å².